The fraction of sp³-hybridized carbons (Fsp3) is 0.273. The maximum absolute atomic E-state index is 12.7. The number of rotatable bonds is 3. The fourth-order valence-corrected chi connectivity index (χ4v) is 1.21. The predicted molar refractivity (Wildman–Crippen MR) is 49.5 cm³/mol. The van der Waals surface area contributed by atoms with Crippen molar-refractivity contribution in [3.63, 3.8) is 0 Å². The first-order valence-electron chi connectivity index (χ1n) is 4.18. The van der Waals surface area contributed by atoms with Crippen LogP contribution in [0.2, 0.25) is 0 Å². The van der Waals surface area contributed by atoms with Crippen LogP contribution < -0.4 is 0 Å². The molecule has 1 N–H and O–H groups in total. The van der Waals surface area contributed by atoms with Crippen LogP contribution in [0.3, 0.4) is 0 Å². The largest absolute Gasteiger partial charge is 0.392 e. The molecule has 0 amide bonds. The van der Waals surface area contributed by atoms with Gasteiger partial charge in [-0.25, -0.2) is 8.78 Å². The molecule has 0 radical (unpaired) electrons. The molecule has 0 heterocycles. The average Bonchev–Trinajstić information content (AvgIpc) is 2.01. The van der Waals surface area contributed by atoms with E-state index in [0.29, 0.717) is 5.56 Å². The summed E-state index contributed by atoms with van der Waals surface area (Å²) in [6.07, 6.45) is 4.58. The van der Waals surface area contributed by atoms with Crippen LogP contribution in [0.15, 0.2) is 18.2 Å². The number of hydrogen-bond acceptors (Lipinski definition) is 1. The van der Waals surface area contributed by atoms with Gasteiger partial charge < -0.3 is 5.11 Å². The lowest BCUT2D eigenvalue weighted by Gasteiger charge is -2.06. The standard InChI is InChI=1S/C11H10F2O/c1-2-3-11(14)6-8-4-9(12)7-10(13)5-8/h1,4-5,7,11,14H,3,6H2. The highest BCUT2D eigenvalue weighted by molar-refractivity contribution is 5.18. The summed E-state index contributed by atoms with van der Waals surface area (Å²) in [5.74, 6) is 0.989. The van der Waals surface area contributed by atoms with Crippen molar-refractivity contribution >= 4 is 0 Å². The van der Waals surface area contributed by atoms with Crippen molar-refractivity contribution in [2.75, 3.05) is 0 Å². The number of halogens is 2. The molecule has 1 aromatic rings. The highest BCUT2D eigenvalue weighted by Gasteiger charge is 2.06. The second-order valence-corrected chi connectivity index (χ2v) is 3.04. The van der Waals surface area contributed by atoms with Gasteiger partial charge in [-0.1, -0.05) is 0 Å². The van der Waals surface area contributed by atoms with Crippen LogP contribution in [0.4, 0.5) is 8.78 Å². The topological polar surface area (TPSA) is 20.2 Å². The summed E-state index contributed by atoms with van der Waals surface area (Å²) < 4.78 is 25.4. The monoisotopic (exact) mass is 196 g/mol. The van der Waals surface area contributed by atoms with Crippen molar-refractivity contribution < 1.29 is 13.9 Å². The number of benzene rings is 1. The predicted octanol–water partition coefficient (Wildman–Crippen LogP) is 1.89. The third kappa shape index (κ3) is 3.15. The van der Waals surface area contributed by atoms with Crippen LogP contribution in [0.25, 0.3) is 0 Å². The van der Waals surface area contributed by atoms with Crippen molar-refractivity contribution in [2.24, 2.45) is 0 Å². The summed E-state index contributed by atoms with van der Waals surface area (Å²) in [6, 6.07) is 3.16. The molecule has 1 atom stereocenters. The van der Waals surface area contributed by atoms with Gasteiger partial charge in [0.1, 0.15) is 11.6 Å². The Balaban J connectivity index is 2.72. The quantitative estimate of drug-likeness (QED) is 0.732. The van der Waals surface area contributed by atoms with Crippen molar-refractivity contribution in [3.8, 4) is 12.3 Å². The summed E-state index contributed by atoms with van der Waals surface area (Å²) in [5, 5.41) is 9.30. The molecule has 1 aromatic carbocycles. The van der Waals surface area contributed by atoms with E-state index in [-0.39, 0.29) is 12.8 Å². The Labute approximate surface area is 81.4 Å². The minimum absolute atomic E-state index is 0.166. The first-order valence-corrected chi connectivity index (χ1v) is 4.18. The zero-order valence-corrected chi connectivity index (χ0v) is 7.50. The third-order valence-electron chi connectivity index (χ3n) is 1.75. The Hall–Kier alpha value is -1.40. The zero-order chi connectivity index (χ0) is 10.6. The van der Waals surface area contributed by atoms with E-state index in [1.165, 1.54) is 12.1 Å². The first-order chi connectivity index (χ1) is 6.61. The molecule has 0 aliphatic rings. The van der Waals surface area contributed by atoms with Crippen molar-refractivity contribution in [2.45, 2.75) is 18.9 Å². The fourth-order valence-electron chi connectivity index (χ4n) is 1.21. The van der Waals surface area contributed by atoms with Gasteiger partial charge in [-0.15, -0.1) is 12.3 Å². The molecule has 1 rings (SSSR count). The van der Waals surface area contributed by atoms with Crippen LogP contribution >= 0.6 is 0 Å². The number of aliphatic hydroxyl groups excluding tert-OH is 1. The Morgan fingerprint density at radius 2 is 1.86 bits per heavy atom. The van der Waals surface area contributed by atoms with Crippen molar-refractivity contribution in [1.29, 1.82) is 0 Å². The lowest BCUT2D eigenvalue weighted by molar-refractivity contribution is 0.180. The van der Waals surface area contributed by atoms with Crippen LogP contribution in [0.5, 0.6) is 0 Å². The van der Waals surface area contributed by atoms with Crippen LogP contribution in [0, 0.1) is 24.0 Å². The van der Waals surface area contributed by atoms with Gasteiger partial charge in [0.2, 0.25) is 0 Å². The zero-order valence-electron chi connectivity index (χ0n) is 7.50. The van der Waals surface area contributed by atoms with Gasteiger partial charge in [0.25, 0.3) is 0 Å². The highest BCUT2D eigenvalue weighted by atomic mass is 19.1. The van der Waals surface area contributed by atoms with Crippen molar-refractivity contribution in [3.05, 3.63) is 35.4 Å². The minimum atomic E-state index is -0.749. The molecule has 0 bridgehead atoms. The molecule has 0 fully saturated rings. The third-order valence-corrected chi connectivity index (χ3v) is 1.75. The maximum atomic E-state index is 12.7. The Kier molecular flexibility index (Phi) is 3.61. The molecule has 0 saturated carbocycles. The molecule has 0 saturated heterocycles. The Morgan fingerprint density at radius 1 is 1.29 bits per heavy atom. The first kappa shape index (κ1) is 10.7. The SMILES string of the molecule is C#CCC(O)Cc1cc(F)cc(F)c1. The summed E-state index contributed by atoms with van der Waals surface area (Å²) in [6.45, 7) is 0. The summed E-state index contributed by atoms with van der Waals surface area (Å²) >= 11 is 0. The molecule has 0 aromatic heterocycles. The van der Waals surface area contributed by atoms with Gasteiger partial charge in [0.05, 0.1) is 6.10 Å². The Morgan fingerprint density at radius 3 is 2.36 bits per heavy atom. The molecule has 14 heavy (non-hydrogen) atoms. The normalized spacial score (nSPS) is 12.1. The molecule has 3 heteroatoms. The number of terminal acetylenes is 1. The van der Waals surface area contributed by atoms with Crippen LogP contribution in [-0.2, 0) is 6.42 Å². The van der Waals surface area contributed by atoms with Gasteiger partial charge in [0.15, 0.2) is 0 Å². The van der Waals surface area contributed by atoms with Crippen LogP contribution in [-0.4, -0.2) is 11.2 Å². The number of hydrogen-bond donors (Lipinski definition) is 1. The van der Waals surface area contributed by atoms with E-state index in [1.807, 2.05) is 0 Å². The maximum Gasteiger partial charge on any atom is 0.126 e. The van der Waals surface area contributed by atoms with Gasteiger partial charge in [-0.05, 0) is 24.1 Å². The lowest BCUT2D eigenvalue weighted by Crippen LogP contribution is -2.09. The van der Waals surface area contributed by atoms with E-state index in [1.54, 1.807) is 0 Å². The second kappa shape index (κ2) is 4.73. The molecule has 0 aliphatic heterocycles. The van der Waals surface area contributed by atoms with Crippen LogP contribution in [0.1, 0.15) is 12.0 Å². The highest BCUT2D eigenvalue weighted by Crippen LogP contribution is 2.10. The van der Waals surface area contributed by atoms with E-state index in [0.717, 1.165) is 6.07 Å². The molecular formula is C11H10F2O. The molecule has 0 spiro atoms. The lowest BCUT2D eigenvalue weighted by atomic mass is 10.1. The molecule has 74 valence electrons. The molecule has 0 aliphatic carbocycles. The summed E-state index contributed by atoms with van der Waals surface area (Å²) in [7, 11) is 0. The van der Waals surface area contributed by atoms with Gasteiger partial charge in [-0.2, -0.15) is 0 Å². The van der Waals surface area contributed by atoms with Gasteiger partial charge in [-0.3, -0.25) is 0 Å². The Bertz CT molecular complexity index is 335. The number of aliphatic hydroxyl groups is 1. The van der Waals surface area contributed by atoms with E-state index < -0.39 is 17.7 Å². The molecular weight excluding hydrogens is 186 g/mol. The van der Waals surface area contributed by atoms with Gasteiger partial charge >= 0.3 is 0 Å². The summed E-state index contributed by atoms with van der Waals surface area (Å²) in [5.41, 5.74) is 0.408. The average molecular weight is 196 g/mol. The van der Waals surface area contributed by atoms with Gasteiger partial charge in [0, 0.05) is 12.5 Å². The van der Waals surface area contributed by atoms with Crippen molar-refractivity contribution in [1.82, 2.24) is 0 Å². The summed E-state index contributed by atoms with van der Waals surface area (Å²) in [4.78, 5) is 0. The van der Waals surface area contributed by atoms with E-state index >= 15 is 0 Å². The second-order valence-electron chi connectivity index (χ2n) is 3.04. The minimum Gasteiger partial charge on any atom is -0.392 e. The van der Waals surface area contributed by atoms with E-state index in [2.05, 4.69) is 5.92 Å². The molecule has 1 unspecified atom stereocenters. The van der Waals surface area contributed by atoms with E-state index in [9.17, 15) is 13.9 Å². The molecule has 1 nitrogen and oxygen atoms in total. The van der Waals surface area contributed by atoms with E-state index in [4.69, 9.17) is 6.42 Å². The smallest absolute Gasteiger partial charge is 0.126 e.